The van der Waals surface area contributed by atoms with Gasteiger partial charge in [0.25, 0.3) is 0 Å². The molecular formula is C8H7N4-. The minimum atomic E-state index is 0.579. The van der Waals surface area contributed by atoms with E-state index < -0.39 is 0 Å². The van der Waals surface area contributed by atoms with Gasteiger partial charge in [0, 0.05) is 5.82 Å². The summed E-state index contributed by atoms with van der Waals surface area (Å²) in [7, 11) is 0. The molecule has 4 heteroatoms. The molecule has 0 saturated heterocycles. The van der Waals surface area contributed by atoms with E-state index in [4.69, 9.17) is 0 Å². The Hall–Kier alpha value is -1.71. The van der Waals surface area contributed by atoms with Crippen molar-refractivity contribution in [1.29, 1.82) is 0 Å². The van der Waals surface area contributed by atoms with Gasteiger partial charge >= 0.3 is 0 Å². The Balaban J connectivity index is 2.43. The molecule has 4 nitrogen and oxygen atoms in total. The van der Waals surface area contributed by atoms with Gasteiger partial charge in [0.2, 0.25) is 0 Å². The second-order valence-electron chi connectivity index (χ2n) is 2.57. The lowest BCUT2D eigenvalue weighted by Crippen LogP contribution is -1.82. The summed E-state index contributed by atoms with van der Waals surface area (Å²) in [6.45, 7) is 2.03. The van der Waals surface area contributed by atoms with E-state index in [2.05, 4.69) is 20.6 Å². The van der Waals surface area contributed by atoms with Crippen LogP contribution in [0.1, 0.15) is 5.56 Å². The van der Waals surface area contributed by atoms with Gasteiger partial charge in [0.15, 0.2) is 0 Å². The van der Waals surface area contributed by atoms with Crippen LogP contribution in [0.25, 0.3) is 11.4 Å². The smallest absolute Gasteiger partial charge is 0.0397 e. The average molecular weight is 159 g/mol. The minimum absolute atomic E-state index is 0.579. The first kappa shape index (κ1) is 6.97. The lowest BCUT2D eigenvalue weighted by atomic mass is 10.1. The third-order valence-electron chi connectivity index (χ3n) is 1.63. The number of benzene rings is 1. The average Bonchev–Trinajstić information content (AvgIpc) is 2.58. The first-order valence-corrected chi connectivity index (χ1v) is 3.62. The third kappa shape index (κ3) is 1.18. The second-order valence-corrected chi connectivity index (χ2v) is 2.57. The first-order chi connectivity index (χ1) is 5.86. The Labute approximate surface area is 69.6 Å². The fourth-order valence-corrected chi connectivity index (χ4v) is 0.963. The number of aryl methyl sites for hydroxylation is 1. The standard InChI is InChI=1S/C8H7N4/c1-6-2-4-7(5-3-6)8-9-11-12-10-8/h2-5H,1H3/q-1. The van der Waals surface area contributed by atoms with Gasteiger partial charge in [0.05, 0.1) is 0 Å². The maximum atomic E-state index is 3.74. The summed E-state index contributed by atoms with van der Waals surface area (Å²) in [5.41, 5.74) is 2.16. The van der Waals surface area contributed by atoms with Gasteiger partial charge in [-0.2, -0.15) is 5.21 Å². The SMILES string of the molecule is Cc1ccc(-c2nnn[n-]2)cc1. The molecule has 60 valence electrons. The summed E-state index contributed by atoms with van der Waals surface area (Å²) in [5, 5.41) is 14.3. The summed E-state index contributed by atoms with van der Waals surface area (Å²) >= 11 is 0. The van der Waals surface area contributed by atoms with E-state index in [1.54, 1.807) is 0 Å². The van der Waals surface area contributed by atoms with Crippen LogP contribution in [0.5, 0.6) is 0 Å². The van der Waals surface area contributed by atoms with Gasteiger partial charge < -0.3 is 5.10 Å². The van der Waals surface area contributed by atoms with Crippen molar-refractivity contribution >= 4 is 0 Å². The predicted molar refractivity (Wildman–Crippen MR) is 43.3 cm³/mol. The molecule has 0 N–H and O–H groups in total. The molecule has 2 rings (SSSR count). The fourth-order valence-electron chi connectivity index (χ4n) is 0.963. The Bertz CT molecular complexity index is 349. The lowest BCUT2D eigenvalue weighted by molar-refractivity contribution is 0.871. The highest BCUT2D eigenvalue weighted by Gasteiger charge is 1.92. The number of rotatable bonds is 1. The van der Waals surface area contributed by atoms with Crippen LogP contribution in [-0.2, 0) is 0 Å². The van der Waals surface area contributed by atoms with Gasteiger partial charge in [-0.15, -0.1) is 0 Å². The highest BCUT2D eigenvalue weighted by atomic mass is 15.5. The van der Waals surface area contributed by atoms with E-state index in [9.17, 15) is 0 Å². The lowest BCUT2D eigenvalue weighted by Gasteiger charge is -1.99. The summed E-state index contributed by atoms with van der Waals surface area (Å²) in [6, 6.07) is 7.92. The highest BCUT2D eigenvalue weighted by Crippen LogP contribution is 2.12. The maximum absolute atomic E-state index is 3.74. The first-order valence-electron chi connectivity index (χ1n) is 3.62. The summed E-state index contributed by atoms with van der Waals surface area (Å²) < 4.78 is 0. The molecule has 0 aliphatic heterocycles. The number of aromatic nitrogens is 4. The fraction of sp³-hybridized carbons (Fsp3) is 0.125. The van der Waals surface area contributed by atoms with Crippen molar-refractivity contribution in [2.45, 2.75) is 6.92 Å². The van der Waals surface area contributed by atoms with Crippen LogP contribution in [0.4, 0.5) is 0 Å². The van der Waals surface area contributed by atoms with Crippen molar-refractivity contribution in [2.75, 3.05) is 0 Å². The zero-order chi connectivity index (χ0) is 8.39. The topological polar surface area (TPSA) is 52.8 Å². The Kier molecular flexibility index (Phi) is 1.59. The van der Waals surface area contributed by atoms with E-state index in [1.165, 1.54) is 5.56 Å². The van der Waals surface area contributed by atoms with Crippen LogP contribution in [0.3, 0.4) is 0 Å². The highest BCUT2D eigenvalue weighted by molar-refractivity contribution is 5.53. The Morgan fingerprint density at radius 1 is 1.17 bits per heavy atom. The molecule has 2 aromatic rings. The van der Waals surface area contributed by atoms with Crippen molar-refractivity contribution in [3.8, 4) is 11.4 Å². The van der Waals surface area contributed by atoms with Crippen LogP contribution in [0.2, 0.25) is 0 Å². The molecule has 0 amide bonds. The molecule has 1 heterocycles. The van der Waals surface area contributed by atoms with Gasteiger partial charge in [-0.25, -0.2) is 0 Å². The van der Waals surface area contributed by atoms with Gasteiger partial charge in [-0.1, -0.05) is 29.8 Å². The normalized spacial score (nSPS) is 10.1. The zero-order valence-corrected chi connectivity index (χ0v) is 6.60. The molecular weight excluding hydrogens is 152 g/mol. The molecule has 0 unspecified atom stereocenters. The van der Waals surface area contributed by atoms with E-state index in [1.807, 2.05) is 31.2 Å². The Morgan fingerprint density at radius 3 is 2.50 bits per heavy atom. The molecule has 0 bridgehead atoms. The molecule has 1 aromatic carbocycles. The number of hydrogen-bond acceptors (Lipinski definition) is 3. The largest absolute Gasteiger partial charge is 0.330 e. The van der Waals surface area contributed by atoms with Crippen molar-refractivity contribution in [3.05, 3.63) is 29.8 Å². The number of tetrazole rings is 1. The van der Waals surface area contributed by atoms with E-state index in [0.717, 1.165) is 5.56 Å². The molecule has 0 atom stereocenters. The predicted octanol–water partition coefficient (Wildman–Crippen LogP) is 0.804. The molecule has 0 aliphatic rings. The van der Waals surface area contributed by atoms with Crippen molar-refractivity contribution in [2.24, 2.45) is 0 Å². The minimum Gasteiger partial charge on any atom is -0.330 e. The van der Waals surface area contributed by atoms with Crippen molar-refractivity contribution in [1.82, 2.24) is 20.6 Å². The van der Waals surface area contributed by atoms with E-state index in [-0.39, 0.29) is 0 Å². The molecule has 0 aliphatic carbocycles. The van der Waals surface area contributed by atoms with Crippen LogP contribution in [-0.4, -0.2) is 15.5 Å². The van der Waals surface area contributed by atoms with Crippen molar-refractivity contribution in [3.63, 3.8) is 0 Å². The third-order valence-corrected chi connectivity index (χ3v) is 1.63. The summed E-state index contributed by atoms with van der Waals surface area (Å²) in [4.78, 5) is 0. The zero-order valence-electron chi connectivity index (χ0n) is 6.60. The Morgan fingerprint density at radius 2 is 1.92 bits per heavy atom. The van der Waals surface area contributed by atoms with Crippen LogP contribution >= 0.6 is 0 Å². The molecule has 0 spiro atoms. The summed E-state index contributed by atoms with van der Waals surface area (Å²) in [5.74, 6) is 0.579. The molecule has 0 saturated carbocycles. The quantitative estimate of drug-likeness (QED) is 0.617. The van der Waals surface area contributed by atoms with Crippen LogP contribution in [0, 0.1) is 6.92 Å². The second kappa shape index (κ2) is 2.73. The summed E-state index contributed by atoms with van der Waals surface area (Å²) in [6.07, 6.45) is 0. The molecule has 0 radical (unpaired) electrons. The maximum Gasteiger partial charge on any atom is 0.0397 e. The molecule has 12 heavy (non-hydrogen) atoms. The van der Waals surface area contributed by atoms with Gasteiger partial charge in [-0.3, -0.25) is 10.3 Å². The van der Waals surface area contributed by atoms with Crippen LogP contribution in [0.15, 0.2) is 24.3 Å². The van der Waals surface area contributed by atoms with E-state index in [0.29, 0.717) is 5.82 Å². The monoisotopic (exact) mass is 159 g/mol. The van der Waals surface area contributed by atoms with E-state index >= 15 is 0 Å². The molecule has 1 aromatic heterocycles. The number of nitrogens with zero attached hydrogens (tertiary/aromatic N) is 4. The van der Waals surface area contributed by atoms with Crippen molar-refractivity contribution < 1.29 is 0 Å². The van der Waals surface area contributed by atoms with Crippen LogP contribution < -0.4 is 5.10 Å². The van der Waals surface area contributed by atoms with Gasteiger partial charge in [0.1, 0.15) is 0 Å². The van der Waals surface area contributed by atoms with Gasteiger partial charge in [-0.05, 0) is 12.5 Å². The number of hydrogen-bond donors (Lipinski definition) is 0. The molecule has 0 fully saturated rings.